The van der Waals surface area contributed by atoms with Gasteiger partial charge in [-0.2, -0.15) is 23.3 Å². The first-order valence-electron chi connectivity index (χ1n) is 12.9. The molecule has 3 unspecified atom stereocenters. The number of nitrogens with one attached hydrogen (secondary N) is 4. The number of likely N-dealkylation sites (N-methyl/N-ethyl adjacent to an activating group) is 1. The first kappa shape index (κ1) is 32.6. The Balaban J connectivity index is 1.88. The van der Waals surface area contributed by atoms with Gasteiger partial charge in [-0.05, 0) is 25.2 Å². The zero-order valence-corrected chi connectivity index (χ0v) is 25.4. The third-order valence-corrected chi connectivity index (χ3v) is 9.83. The Hall–Kier alpha value is -3.34. The van der Waals surface area contributed by atoms with Gasteiger partial charge in [-0.15, -0.1) is 0 Å². The fraction of sp³-hybridized carbons (Fsp3) is 0.360. The molecule has 2 aliphatic rings. The Labute approximate surface area is 252 Å². The molecular formula is C25H29BrF3N8O5P. The lowest BCUT2D eigenvalue weighted by atomic mass is 10.0. The average molecular weight is 689 g/mol. The molecule has 0 radical (unpaired) electrons. The maximum atomic E-state index is 14.2. The number of aliphatic hydroxyl groups is 1. The van der Waals surface area contributed by atoms with E-state index in [-0.39, 0.29) is 52.9 Å². The Bertz CT molecular complexity index is 1560. The van der Waals surface area contributed by atoms with Crippen molar-refractivity contribution in [2.75, 3.05) is 37.4 Å². The summed E-state index contributed by atoms with van der Waals surface area (Å²) in [6.07, 6.45) is 4.57. The molecule has 1 aliphatic carbocycles. The van der Waals surface area contributed by atoms with Gasteiger partial charge in [0.25, 0.3) is 0 Å². The maximum absolute atomic E-state index is 14.2. The van der Waals surface area contributed by atoms with Gasteiger partial charge in [-0.3, -0.25) is 9.89 Å². The van der Waals surface area contributed by atoms with Gasteiger partial charge in [-0.1, -0.05) is 27.6 Å². The zero-order valence-electron chi connectivity index (χ0n) is 22.9. The van der Waals surface area contributed by atoms with E-state index in [1.807, 2.05) is 0 Å². The fourth-order valence-corrected chi connectivity index (χ4v) is 7.14. The smallest absolute Gasteiger partial charge is 0.421 e. The number of rotatable bonds is 10. The van der Waals surface area contributed by atoms with Crippen LogP contribution in [0.3, 0.4) is 0 Å². The number of carbonyl (C=O) groups excluding carboxylic acids is 1. The highest BCUT2D eigenvalue weighted by molar-refractivity contribution is 9.11. The monoisotopic (exact) mass is 688 g/mol. The number of hydrogen-bond donors (Lipinski definition) is 6. The number of allylic oxidation sites excluding steroid dienone is 3. The van der Waals surface area contributed by atoms with Gasteiger partial charge < -0.3 is 35.4 Å². The Kier molecular flexibility index (Phi) is 9.35. The van der Waals surface area contributed by atoms with Crippen LogP contribution in [0.1, 0.15) is 25.3 Å². The molecule has 3 atom stereocenters. The van der Waals surface area contributed by atoms with E-state index in [2.05, 4.69) is 52.0 Å². The van der Waals surface area contributed by atoms with Gasteiger partial charge in [0.05, 0.1) is 12.7 Å². The molecule has 2 aromatic rings. The Morgan fingerprint density at radius 3 is 2.67 bits per heavy atom. The summed E-state index contributed by atoms with van der Waals surface area (Å²) in [5, 5.41) is 21.7. The molecule has 0 saturated carbocycles. The van der Waals surface area contributed by atoms with Crippen molar-refractivity contribution < 1.29 is 37.4 Å². The molecule has 43 heavy (non-hydrogen) atoms. The zero-order chi connectivity index (χ0) is 31.6. The standard InChI is InChI=1S/C25H29BrF3N8O5P/c1-15-6-7-24(19(26)11-15,43(40,41)42)36-23-31-14-17(25(27,28)29)21(35-23)34-18-5-3-8-37(9-4-10-38,16-12-32-33-13-16)20(18)22(39)30-2/h3,5-6,11-14,38H,4,7-10H2,1-2H3,(H5-,30,31,32,33,34,35,36,39,40,41,42). The first-order chi connectivity index (χ1) is 20.2. The number of halogens is 4. The first-order valence-corrected chi connectivity index (χ1v) is 15.2. The predicted octanol–water partition coefficient (Wildman–Crippen LogP) is 2.83. The lowest BCUT2D eigenvalue weighted by molar-refractivity contribution is -0.198. The third-order valence-electron chi connectivity index (χ3n) is 7.12. The number of amides is 1. The van der Waals surface area contributed by atoms with Crippen molar-refractivity contribution in [2.45, 2.75) is 31.2 Å². The third kappa shape index (κ3) is 6.32. The number of carbonyl (C=O) groups is 1. The van der Waals surface area contributed by atoms with E-state index in [9.17, 15) is 37.4 Å². The van der Waals surface area contributed by atoms with Crippen LogP contribution >= 0.6 is 23.5 Å². The van der Waals surface area contributed by atoms with E-state index in [0.717, 1.165) is 0 Å². The van der Waals surface area contributed by atoms with Crippen molar-refractivity contribution in [3.05, 3.63) is 69.9 Å². The molecule has 0 bridgehead atoms. The second-order valence-electron chi connectivity index (χ2n) is 9.88. The second-order valence-corrected chi connectivity index (χ2v) is 12.5. The predicted molar refractivity (Wildman–Crippen MR) is 154 cm³/mol. The number of aromatic nitrogens is 4. The van der Waals surface area contributed by atoms with E-state index in [1.54, 1.807) is 19.2 Å². The summed E-state index contributed by atoms with van der Waals surface area (Å²) in [6.45, 7) is 1.91. The van der Waals surface area contributed by atoms with E-state index in [0.29, 0.717) is 17.5 Å². The molecule has 1 aliphatic heterocycles. The van der Waals surface area contributed by atoms with Crippen molar-refractivity contribution in [3.63, 3.8) is 0 Å². The van der Waals surface area contributed by atoms with E-state index in [1.165, 1.54) is 31.5 Å². The van der Waals surface area contributed by atoms with Gasteiger partial charge in [0, 0.05) is 37.2 Å². The molecule has 0 saturated heterocycles. The van der Waals surface area contributed by atoms with Crippen LogP contribution in [0.4, 0.5) is 30.6 Å². The van der Waals surface area contributed by atoms with Crippen LogP contribution in [0.25, 0.3) is 0 Å². The largest absolute Gasteiger partial charge is 0.777 e. The Morgan fingerprint density at radius 2 is 2.09 bits per heavy atom. The highest BCUT2D eigenvalue weighted by Crippen LogP contribution is 2.56. The number of anilines is 2. The molecule has 13 nitrogen and oxygen atoms in total. The topological polar surface area (TPSA) is 188 Å². The number of quaternary nitrogens is 1. The molecule has 18 heteroatoms. The van der Waals surface area contributed by atoms with Crippen LogP contribution in [0.15, 0.2) is 64.3 Å². The molecule has 0 fully saturated rings. The van der Waals surface area contributed by atoms with Crippen LogP contribution in [0, 0.1) is 0 Å². The number of hydrogen-bond acceptors (Lipinski definition) is 9. The lowest BCUT2D eigenvalue weighted by Crippen LogP contribution is -2.55. The Morgan fingerprint density at radius 1 is 1.35 bits per heavy atom. The summed E-state index contributed by atoms with van der Waals surface area (Å²) in [6, 6.07) is 0. The van der Waals surface area contributed by atoms with E-state index in [4.69, 9.17) is 0 Å². The summed E-state index contributed by atoms with van der Waals surface area (Å²) < 4.78 is 54.9. The molecule has 232 valence electrons. The minimum atomic E-state index is -5.25. The highest BCUT2D eigenvalue weighted by atomic mass is 79.9. The van der Waals surface area contributed by atoms with E-state index < -0.39 is 42.3 Å². The minimum Gasteiger partial charge on any atom is -0.777 e. The molecule has 2 aromatic heterocycles. The van der Waals surface area contributed by atoms with Crippen LogP contribution in [-0.4, -0.2) is 68.1 Å². The molecule has 4 rings (SSSR count). The van der Waals surface area contributed by atoms with Crippen molar-refractivity contribution in [3.8, 4) is 0 Å². The molecule has 0 spiro atoms. The molecule has 3 heterocycles. The van der Waals surface area contributed by atoms with Crippen molar-refractivity contribution >= 4 is 46.9 Å². The van der Waals surface area contributed by atoms with Crippen LogP contribution < -0.4 is 25.3 Å². The quantitative estimate of drug-likeness (QED) is 0.160. The molecule has 6 N–H and O–H groups in total. The number of aliphatic hydroxyl groups excluding tert-OH is 1. The summed E-state index contributed by atoms with van der Waals surface area (Å²) in [5.74, 6) is -1.94. The molecular weight excluding hydrogens is 660 g/mol. The molecule has 1 amide bonds. The molecule has 0 aromatic carbocycles. The fourth-order valence-electron chi connectivity index (χ4n) is 4.95. The summed E-state index contributed by atoms with van der Waals surface area (Å²) in [4.78, 5) is 43.7. The van der Waals surface area contributed by atoms with Gasteiger partial charge in [0.15, 0.2) is 13.3 Å². The van der Waals surface area contributed by atoms with Gasteiger partial charge in [-0.25, -0.2) is 9.47 Å². The number of nitrogens with zero attached hydrogens (tertiary/aromatic N) is 4. The average Bonchev–Trinajstić information content (AvgIpc) is 3.48. The normalized spacial score (nSPS) is 23.7. The highest BCUT2D eigenvalue weighted by Gasteiger charge is 2.46. The lowest BCUT2D eigenvalue weighted by Gasteiger charge is -2.42. The number of aromatic amines is 1. The van der Waals surface area contributed by atoms with Crippen molar-refractivity contribution in [1.82, 2.24) is 30.0 Å². The van der Waals surface area contributed by atoms with Crippen LogP contribution in [0.2, 0.25) is 0 Å². The van der Waals surface area contributed by atoms with Crippen molar-refractivity contribution in [2.24, 2.45) is 0 Å². The number of alkyl halides is 3. The minimum absolute atomic E-state index is 0.00439. The maximum Gasteiger partial charge on any atom is 0.421 e. The van der Waals surface area contributed by atoms with Gasteiger partial charge in [0.2, 0.25) is 11.6 Å². The van der Waals surface area contributed by atoms with Crippen LogP contribution in [0.5, 0.6) is 0 Å². The SMILES string of the molecule is CNC(=O)C1=C(Nc2nc(NC3(P(=O)([O-])O)CC=C(C)C=C3Br)ncc2C(F)(F)F)C=CC[N+]1(CCCO)c1cn[nH]c1. The second kappa shape index (κ2) is 12.3. The summed E-state index contributed by atoms with van der Waals surface area (Å²) in [5.41, 5.74) is -0.106. The summed E-state index contributed by atoms with van der Waals surface area (Å²) >= 11 is 3.16. The van der Waals surface area contributed by atoms with E-state index >= 15 is 0 Å². The van der Waals surface area contributed by atoms with Crippen LogP contribution in [-0.2, 0) is 15.5 Å². The summed E-state index contributed by atoms with van der Waals surface area (Å²) in [7, 11) is -3.87. The van der Waals surface area contributed by atoms with Crippen molar-refractivity contribution in [1.29, 1.82) is 0 Å². The van der Waals surface area contributed by atoms with Gasteiger partial charge >= 0.3 is 12.1 Å². The van der Waals surface area contributed by atoms with Gasteiger partial charge in [0.1, 0.15) is 35.1 Å². The number of H-pyrrole nitrogens is 1.